The van der Waals surface area contributed by atoms with Gasteiger partial charge in [0.2, 0.25) is 11.7 Å². The number of ether oxygens (including phenoxy) is 6. The third kappa shape index (κ3) is 8.71. The monoisotopic (exact) mass is 487 g/mol. The summed E-state index contributed by atoms with van der Waals surface area (Å²) in [5, 5.41) is 2.59. The first-order valence-corrected chi connectivity index (χ1v) is 10.3. The van der Waals surface area contributed by atoms with Gasteiger partial charge in [-0.1, -0.05) is 6.92 Å². The molecule has 13 nitrogen and oxygen atoms in total. The quantitative estimate of drug-likeness (QED) is 0.316. The molecule has 1 amide bonds. The van der Waals surface area contributed by atoms with Crippen LogP contribution in [0.5, 0.6) is 0 Å². The van der Waals surface area contributed by atoms with Gasteiger partial charge >= 0.3 is 29.8 Å². The molecule has 1 aliphatic heterocycles. The van der Waals surface area contributed by atoms with Gasteiger partial charge in [-0.15, -0.1) is 0 Å². The molecule has 1 N–H and O–H groups in total. The first kappa shape index (κ1) is 28.4. The lowest BCUT2D eigenvalue weighted by Gasteiger charge is -2.41. The van der Waals surface area contributed by atoms with Crippen molar-refractivity contribution in [3.05, 3.63) is 11.8 Å². The second-order valence-corrected chi connectivity index (χ2v) is 7.15. The van der Waals surface area contributed by atoms with Crippen LogP contribution in [0.2, 0.25) is 0 Å². The van der Waals surface area contributed by atoms with Crippen LogP contribution in [0, 0.1) is 0 Å². The normalized spacial score (nSPS) is 20.9. The highest BCUT2D eigenvalue weighted by molar-refractivity contribution is 5.87. The molecule has 1 aliphatic rings. The topological polar surface area (TPSA) is 170 Å². The van der Waals surface area contributed by atoms with Crippen LogP contribution in [0.15, 0.2) is 11.8 Å². The highest BCUT2D eigenvalue weighted by Crippen LogP contribution is 2.28. The number of methoxy groups -OCH3 is 1. The maximum atomic E-state index is 12.3. The molecular formula is C21H29NO12. The number of esters is 5. The van der Waals surface area contributed by atoms with E-state index < -0.39 is 72.8 Å². The van der Waals surface area contributed by atoms with Crippen molar-refractivity contribution in [2.45, 2.75) is 71.5 Å². The SMILES string of the molecule is CCC(=O)N[C@@H]1C=C(C(=O)OC)O[C@@H]([C@H](OC(C)=O)[C@@H](COC(C)=O)OC(C)=O)[C@@H]1OC(C)=O. The zero-order valence-corrected chi connectivity index (χ0v) is 19.8. The number of nitrogens with one attached hydrogen (secondary N) is 1. The van der Waals surface area contributed by atoms with Crippen molar-refractivity contribution < 1.29 is 57.2 Å². The van der Waals surface area contributed by atoms with Gasteiger partial charge in [0.15, 0.2) is 24.4 Å². The highest BCUT2D eigenvalue weighted by atomic mass is 16.6. The standard InChI is InChI=1S/C21H29NO12/c1-7-17(27)22-14-8-15(21(28)29-6)34-20(18(14)32-12(4)25)19(33-13(5)26)16(31-11(3)24)9-30-10(2)23/h8,14,16,18-20H,7,9H2,1-6H3,(H,22,27)/t14-,16-,18-,19-,20-/m1/s1. The molecule has 190 valence electrons. The van der Waals surface area contributed by atoms with Crippen LogP contribution in [0.4, 0.5) is 0 Å². The van der Waals surface area contributed by atoms with E-state index in [9.17, 15) is 28.8 Å². The predicted molar refractivity (Wildman–Crippen MR) is 110 cm³/mol. The van der Waals surface area contributed by atoms with Crippen molar-refractivity contribution in [3.8, 4) is 0 Å². The van der Waals surface area contributed by atoms with Crippen molar-refractivity contribution in [3.63, 3.8) is 0 Å². The van der Waals surface area contributed by atoms with Crippen molar-refractivity contribution >= 4 is 35.8 Å². The molecule has 0 aromatic rings. The number of carbonyl (C=O) groups is 6. The number of rotatable bonds is 10. The number of hydrogen-bond acceptors (Lipinski definition) is 12. The second-order valence-electron chi connectivity index (χ2n) is 7.15. The van der Waals surface area contributed by atoms with E-state index in [2.05, 4.69) is 10.1 Å². The minimum atomic E-state index is -1.54. The van der Waals surface area contributed by atoms with E-state index in [0.29, 0.717) is 0 Å². The fraction of sp³-hybridized carbons (Fsp3) is 0.619. The van der Waals surface area contributed by atoms with E-state index in [1.807, 2.05) is 0 Å². The number of amides is 1. The van der Waals surface area contributed by atoms with Gasteiger partial charge < -0.3 is 33.7 Å². The first-order valence-electron chi connectivity index (χ1n) is 10.3. The minimum absolute atomic E-state index is 0.0616. The summed E-state index contributed by atoms with van der Waals surface area (Å²) in [6, 6.07) is -1.12. The second kappa shape index (κ2) is 13.2. The maximum absolute atomic E-state index is 12.3. The van der Waals surface area contributed by atoms with Crippen molar-refractivity contribution in [2.24, 2.45) is 0 Å². The van der Waals surface area contributed by atoms with E-state index in [0.717, 1.165) is 34.8 Å². The van der Waals surface area contributed by atoms with E-state index in [1.54, 1.807) is 6.92 Å². The lowest BCUT2D eigenvalue weighted by molar-refractivity contribution is -0.200. The molecule has 5 atom stereocenters. The van der Waals surface area contributed by atoms with Crippen LogP contribution in [-0.2, 0) is 57.2 Å². The van der Waals surface area contributed by atoms with Crippen LogP contribution < -0.4 is 5.32 Å². The molecule has 0 bridgehead atoms. The summed E-state index contributed by atoms with van der Waals surface area (Å²) < 4.78 is 31.2. The van der Waals surface area contributed by atoms with Crippen molar-refractivity contribution in [2.75, 3.05) is 13.7 Å². The van der Waals surface area contributed by atoms with Crippen LogP contribution in [0.25, 0.3) is 0 Å². The van der Waals surface area contributed by atoms with Gasteiger partial charge in [0.25, 0.3) is 0 Å². The Balaban J connectivity index is 3.60. The van der Waals surface area contributed by atoms with Gasteiger partial charge in [0.05, 0.1) is 13.2 Å². The Morgan fingerprint density at radius 3 is 2.06 bits per heavy atom. The van der Waals surface area contributed by atoms with Crippen LogP contribution in [0.1, 0.15) is 41.0 Å². The van der Waals surface area contributed by atoms with E-state index in [4.69, 9.17) is 23.7 Å². The lowest BCUT2D eigenvalue weighted by Crippen LogP contribution is -2.60. The molecule has 0 aromatic carbocycles. The Labute approximate surface area is 196 Å². The van der Waals surface area contributed by atoms with Gasteiger partial charge in [-0.3, -0.25) is 24.0 Å². The Kier molecular flexibility index (Phi) is 11.0. The van der Waals surface area contributed by atoms with E-state index in [1.165, 1.54) is 6.08 Å². The molecule has 0 unspecified atom stereocenters. The third-order valence-electron chi connectivity index (χ3n) is 4.37. The smallest absolute Gasteiger partial charge is 0.373 e. The molecule has 0 aliphatic carbocycles. The third-order valence-corrected chi connectivity index (χ3v) is 4.37. The number of hydrogen-bond donors (Lipinski definition) is 1. The van der Waals surface area contributed by atoms with Crippen LogP contribution >= 0.6 is 0 Å². The molecule has 0 fully saturated rings. The zero-order chi connectivity index (χ0) is 26.0. The van der Waals surface area contributed by atoms with Gasteiger partial charge in [-0.25, -0.2) is 4.79 Å². The molecule has 0 saturated heterocycles. The van der Waals surface area contributed by atoms with E-state index in [-0.39, 0.29) is 12.2 Å². The van der Waals surface area contributed by atoms with E-state index >= 15 is 0 Å². The van der Waals surface area contributed by atoms with Gasteiger partial charge in [0.1, 0.15) is 6.61 Å². The zero-order valence-electron chi connectivity index (χ0n) is 19.8. The average Bonchev–Trinajstić information content (AvgIpc) is 2.74. The largest absolute Gasteiger partial charge is 0.475 e. The molecule has 13 heteroatoms. The number of carbonyl (C=O) groups excluding carboxylic acids is 6. The predicted octanol–water partition coefficient (Wildman–Crippen LogP) is -0.305. The molecule has 1 heterocycles. The summed E-state index contributed by atoms with van der Waals surface area (Å²) >= 11 is 0. The first-order chi connectivity index (χ1) is 15.9. The average molecular weight is 487 g/mol. The van der Waals surface area contributed by atoms with Gasteiger partial charge in [-0.05, 0) is 6.08 Å². The summed E-state index contributed by atoms with van der Waals surface area (Å²) in [6.45, 7) is 5.36. The summed E-state index contributed by atoms with van der Waals surface area (Å²) in [7, 11) is 1.09. The van der Waals surface area contributed by atoms with Gasteiger partial charge in [-0.2, -0.15) is 0 Å². The molecule has 0 aromatic heterocycles. The molecule has 0 saturated carbocycles. The highest BCUT2D eigenvalue weighted by Gasteiger charge is 2.49. The Hall–Kier alpha value is -3.64. The summed E-state index contributed by atoms with van der Waals surface area (Å²) in [4.78, 5) is 71.3. The summed E-state index contributed by atoms with van der Waals surface area (Å²) in [5.74, 6) is -4.94. The molecule has 1 rings (SSSR count). The van der Waals surface area contributed by atoms with Crippen LogP contribution in [-0.4, -0.2) is 79.9 Å². The maximum Gasteiger partial charge on any atom is 0.373 e. The van der Waals surface area contributed by atoms with Gasteiger partial charge in [0, 0.05) is 34.1 Å². The molecule has 0 spiro atoms. The fourth-order valence-electron chi connectivity index (χ4n) is 3.08. The Morgan fingerprint density at radius 2 is 1.59 bits per heavy atom. The molecular weight excluding hydrogens is 458 g/mol. The molecule has 34 heavy (non-hydrogen) atoms. The summed E-state index contributed by atoms with van der Waals surface area (Å²) in [5.41, 5.74) is 0. The molecule has 0 radical (unpaired) electrons. The van der Waals surface area contributed by atoms with Crippen molar-refractivity contribution in [1.82, 2.24) is 5.32 Å². The Morgan fingerprint density at radius 1 is 0.971 bits per heavy atom. The van der Waals surface area contributed by atoms with Crippen molar-refractivity contribution in [1.29, 1.82) is 0 Å². The van der Waals surface area contributed by atoms with Crippen LogP contribution in [0.3, 0.4) is 0 Å². The summed E-state index contributed by atoms with van der Waals surface area (Å²) in [6.07, 6.45) is -4.56. The Bertz CT molecular complexity index is 836. The fourth-order valence-corrected chi connectivity index (χ4v) is 3.08. The minimum Gasteiger partial charge on any atom is -0.475 e. The lowest BCUT2D eigenvalue weighted by atomic mass is 9.93.